The summed E-state index contributed by atoms with van der Waals surface area (Å²) in [5, 5.41) is 7.75. The van der Waals surface area contributed by atoms with Gasteiger partial charge in [0.1, 0.15) is 0 Å². The van der Waals surface area contributed by atoms with Gasteiger partial charge in [-0.2, -0.15) is 5.10 Å². The second-order valence-electron chi connectivity index (χ2n) is 4.76. The fourth-order valence-electron chi connectivity index (χ4n) is 2.08. The van der Waals surface area contributed by atoms with Crippen LogP contribution in [0.25, 0.3) is 5.69 Å². The van der Waals surface area contributed by atoms with Crippen molar-refractivity contribution in [2.24, 2.45) is 0 Å². The lowest BCUT2D eigenvalue weighted by molar-refractivity contribution is 0.0945. The van der Waals surface area contributed by atoms with Crippen molar-refractivity contribution < 1.29 is 4.79 Å². The van der Waals surface area contributed by atoms with Crippen LogP contribution in [-0.2, 0) is 6.54 Å². The number of nitrogens with zero attached hydrogens (tertiary/aromatic N) is 2. The van der Waals surface area contributed by atoms with Crippen LogP contribution in [0.15, 0.2) is 66.9 Å². The average molecular weight is 312 g/mol. The van der Waals surface area contributed by atoms with E-state index in [4.69, 9.17) is 11.6 Å². The predicted octanol–water partition coefficient (Wildman–Crippen LogP) is 3.46. The third-order valence-electron chi connectivity index (χ3n) is 3.24. The summed E-state index contributed by atoms with van der Waals surface area (Å²) in [6.07, 6.45) is 1.76. The van der Waals surface area contributed by atoms with Gasteiger partial charge in [0, 0.05) is 17.8 Å². The fourth-order valence-corrected chi connectivity index (χ4v) is 2.28. The molecule has 0 unspecified atom stereocenters. The van der Waals surface area contributed by atoms with Crippen molar-refractivity contribution in [1.82, 2.24) is 15.1 Å². The van der Waals surface area contributed by atoms with E-state index in [9.17, 15) is 4.79 Å². The molecule has 0 aliphatic rings. The Morgan fingerprint density at radius 3 is 2.55 bits per heavy atom. The highest BCUT2D eigenvalue weighted by Gasteiger charge is 2.10. The van der Waals surface area contributed by atoms with Gasteiger partial charge in [0.05, 0.1) is 5.69 Å². The Kier molecular flexibility index (Phi) is 4.21. The normalized spacial score (nSPS) is 10.4. The molecule has 2 aromatic carbocycles. The van der Waals surface area contributed by atoms with Gasteiger partial charge in [0.15, 0.2) is 5.69 Å². The number of hydrogen-bond donors (Lipinski definition) is 1. The summed E-state index contributed by atoms with van der Waals surface area (Å²) in [5.74, 6) is -0.227. The van der Waals surface area contributed by atoms with Gasteiger partial charge in [0.2, 0.25) is 0 Å². The molecule has 1 N–H and O–H groups in total. The molecule has 0 atom stereocenters. The van der Waals surface area contributed by atoms with Crippen LogP contribution in [0, 0.1) is 0 Å². The first kappa shape index (κ1) is 14.4. The molecule has 4 nitrogen and oxygen atoms in total. The molecule has 5 heteroatoms. The molecule has 0 aliphatic carbocycles. The molecule has 22 heavy (non-hydrogen) atoms. The molecule has 0 radical (unpaired) electrons. The van der Waals surface area contributed by atoms with Crippen molar-refractivity contribution >= 4 is 17.5 Å². The van der Waals surface area contributed by atoms with E-state index in [0.29, 0.717) is 17.3 Å². The van der Waals surface area contributed by atoms with Crippen molar-refractivity contribution in [3.05, 3.63) is 83.1 Å². The zero-order chi connectivity index (χ0) is 15.4. The van der Waals surface area contributed by atoms with Crippen LogP contribution < -0.4 is 5.32 Å². The zero-order valence-electron chi connectivity index (χ0n) is 11.7. The SMILES string of the molecule is O=C(NCc1ccccc1Cl)c1ccn(-c2ccccc2)n1. The number of carbonyl (C=O) groups excluding carboxylic acids is 1. The number of benzene rings is 2. The molecule has 0 saturated heterocycles. The predicted molar refractivity (Wildman–Crippen MR) is 86.2 cm³/mol. The summed E-state index contributed by atoms with van der Waals surface area (Å²) in [7, 11) is 0. The van der Waals surface area contributed by atoms with Crippen LogP contribution in [0.4, 0.5) is 0 Å². The molecular weight excluding hydrogens is 298 g/mol. The largest absolute Gasteiger partial charge is 0.347 e. The molecule has 1 heterocycles. The first-order valence-electron chi connectivity index (χ1n) is 6.87. The van der Waals surface area contributed by atoms with E-state index in [1.54, 1.807) is 23.0 Å². The van der Waals surface area contributed by atoms with Crippen LogP contribution in [0.3, 0.4) is 0 Å². The lowest BCUT2D eigenvalue weighted by Crippen LogP contribution is -2.23. The Balaban J connectivity index is 1.69. The minimum absolute atomic E-state index is 0.227. The lowest BCUT2D eigenvalue weighted by atomic mass is 10.2. The van der Waals surface area contributed by atoms with Gasteiger partial charge in [-0.25, -0.2) is 4.68 Å². The number of aromatic nitrogens is 2. The maximum Gasteiger partial charge on any atom is 0.272 e. The number of amides is 1. The standard InChI is InChI=1S/C17H14ClN3O/c18-15-9-5-4-6-13(15)12-19-17(22)16-10-11-21(20-16)14-7-2-1-3-8-14/h1-11H,12H2,(H,19,22). The van der Waals surface area contributed by atoms with Gasteiger partial charge in [-0.05, 0) is 29.8 Å². The average Bonchev–Trinajstić information content (AvgIpc) is 3.05. The van der Waals surface area contributed by atoms with Gasteiger partial charge >= 0.3 is 0 Å². The topological polar surface area (TPSA) is 46.9 Å². The molecule has 0 aliphatic heterocycles. The Morgan fingerprint density at radius 2 is 1.77 bits per heavy atom. The highest BCUT2D eigenvalue weighted by molar-refractivity contribution is 6.31. The lowest BCUT2D eigenvalue weighted by Gasteiger charge is -2.05. The van der Waals surface area contributed by atoms with Crippen molar-refractivity contribution in [3.63, 3.8) is 0 Å². The van der Waals surface area contributed by atoms with Crippen molar-refractivity contribution in [2.75, 3.05) is 0 Å². The second kappa shape index (κ2) is 6.45. The van der Waals surface area contributed by atoms with E-state index in [2.05, 4.69) is 10.4 Å². The summed E-state index contributed by atoms with van der Waals surface area (Å²) in [6.45, 7) is 0.372. The fraction of sp³-hybridized carbons (Fsp3) is 0.0588. The van der Waals surface area contributed by atoms with Gasteiger partial charge in [-0.15, -0.1) is 0 Å². The Labute approximate surface area is 133 Å². The molecule has 1 aromatic heterocycles. The van der Waals surface area contributed by atoms with Crippen LogP contribution >= 0.6 is 11.6 Å². The molecule has 0 bridgehead atoms. The number of halogens is 1. The van der Waals surface area contributed by atoms with Crippen molar-refractivity contribution in [2.45, 2.75) is 6.54 Å². The molecular formula is C17H14ClN3O. The summed E-state index contributed by atoms with van der Waals surface area (Å²) in [4.78, 5) is 12.1. The molecule has 110 valence electrons. The first-order valence-corrected chi connectivity index (χ1v) is 7.24. The van der Waals surface area contributed by atoms with Crippen LogP contribution in [-0.4, -0.2) is 15.7 Å². The minimum atomic E-state index is -0.227. The van der Waals surface area contributed by atoms with Crippen molar-refractivity contribution in [1.29, 1.82) is 0 Å². The quantitative estimate of drug-likeness (QED) is 0.802. The van der Waals surface area contributed by atoms with E-state index in [0.717, 1.165) is 11.3 Å². The van der Waals surface area contributed by atoms with Crippen LogP contribution in [0.5, 0.6) is 0 Å². The molecule has 3 aromatic rings. The monoisotopic (exact) mass is 311 g/mol. The van der Waals surface area contributed by atoms with Gasteiger partial charge in [0.25, 0.3) is 5.91 Å². The van der Waals surface area contributed by atoms with Gasteiger partial charge < -0.3 is 5.32 Å². The zero-order valence-corrected chi connectivity index (χ0v) is 12.5. The number of carbonyl (C=O) groups is 1. The third kappa shape index (κ3) is 3.18. The molecule has 0 spiro atoms. The van der Waals surface area contributed by atoms with E-state index in [1.807, 2.05) is 48.5 Å². The molecule has 3 rings (SSSR count). The highest BCUT2D eigenvalue weighted by atomic mass is 35.5. The number of hydrogen-bond acceptors (Lipinski definition) is 2. The van der Waals surface area contributed by atoms with Gasteiger partial charge in [-0.3, -0.25) is 4.79 Å². The van der Waals surface area contributed by atoms with E-state index in [-0.39, 0.29) is 5.91 Å². The maximum atomic E-state index is 12.1. The smallest absolute Gasteiger partial charge is 0.272 e. The number of para-hydroxylation sites is 1. The Morgan fingerprint density at radius 1 is 1.05 bits per heavy atom. The first-order chi connectivity index (χ1) is 10.7. The number of nitrogens with one attached hydrogen (secondary N) is 1. The van der Waals surface area contributed by atoms with E-state index in [1.165, 1.54) is 0 Å². The van der Waals surface area contributed by atoms with E-state index < -0.39 is 0 Å². The maximum absolute atomic E-state index is 12.1. The van der Waals surface area contributed by atoms with Crippen molar-refractivity contribution in [3.8, 4) is 5.69 Å². The van der Waals surface area contributed by atoms with E-state index >= 15 is 0 Å². The summed E-state index contributed by atoms with van der Waals surface area (Å²) >= 11 is 6.07. The summed E-state index contributed by atoms with van der Waals surface area (Å²) in [5.41, 5.74) is 2.16. The summed E-state index contributed by atoms with van der Waals surface area (Å²) < 4.78 is 1.67. The highest BCUT2D eigenvalue weighted by Crippen LogP contribution is 2.14. The minimum Gasteiger partial charge on any atom is -0.347 e. The van der Waals surface area contributed by atoms with Gasteiger partial charge in [-0.1, -0.05) is 48.0 Å². The Bertz CT molecular complexity index is 783. The Hall–Kier alpha value is -2.59. The van der Waals surface area contributed by atoms with Crippen LogP contribution in [0.2, 0.25) is 5.02 Å². The molecule has 0 fully saturated rings. The summed E-state index contributed by atoms with van der Waals surface area (Å²) in [6, 6.07) is 18.8. The van der Waals surface area contributed by atoms with Crippen LogP contribution in [0.1, 0.15) is 16.1 Å². The number of rotatable bonds is 4. The molecule has 1 amide bonds. The second-order valence-corrected chi connectivity index (χ2v) is 5.16. The molecule has 0 saturated carbocycles. The third-order valence-corrected chi connectivity index (χ3v) is 3.61.